The predicted molar refractivity (Wildman–Crippen MR) is 132 cm³/mol. The van der Waals surface area contributed by atoms with E-state index in [4.69, 9.17) is 9.40 Å². The number of oxazole rings is 1. The van der Waals surface area contributed by atoms with Crippen molar-refractivity contribution in [3.63, 3.8) is 0 Å². The zero-order chi connectivity index (χ0) is 21.9. The van der Waals surface area contributed by atoms with Crippen molar-refractivity contribution < 1.29 is 4.42 Å². The Labute approximate surface area is 188 Å². The van der Waals surface area contributed by atoms with E-state index in [1.165, 1.54) is 5.39 Å². The highest BCUT2D eigenvalue weighted by atomic mass is 16.4. The van der Waals surface area contributed by atoms with Gasteiger partial charge in [-0.2, -0.15) is 0 Å². The Balaban J connectivity index is 1.39. The lowest BCUT2D eigenvalue weighted by molar-refractivity contribution is 0.444. The van der Waals surface area contributed by atoms with E-state index in [1.807, 2.05) is 48.7 Å². The van der Waals surface area contributed by atoms with Gasteiger partial charge in [-0.25, -0.2) is 4.98 Å². The summed E-state index contributed by atoms with van der Waals surface area (Å²) in [5.41, 5.74) is 5.28. The van der Waals surface area contributed by atoms with Gasteiger partial charge in [-0.15, -0.1) is 0 Å². The molecule has 4 heteroatoms. The summed E-state index contributed by atoms with van der Waals surface area (Å²) in [6.45, 7) is 4.39. The van der Waals surface area contributed by atoms with E-state index in [9.17, 15) is 0 Å². The number of hydrogen-bond acceptors (Lipinski definition) is 3. The highest BCUT2D eigenvalue weighted by molar-refractivity contribution is 5.92. The van der Waals surface area contributed by atoms with Gasteiger partial charge in [0, 0.05) is 40.2 Å². The second-order valence-electron chi connectivity index (χ2n) is 8.39. The predicted octanol–water partition coefficient (Wildman–Crippen LogP) is 7.48. The maximum Gasteiger partial charge on any atom is 0.198 e. The number of rotatable bonds is 7. The van der Waals surface area contributed by atoms with E-state index in [-0.39, 0.29) is 12.0 Å². The van der Waals surface area contributed by atoms with Crippen molar-refractivity contribution in [2.24, 2.45) is 0 Å². The van der Waals surface area contributed by atoms with Crippen LogP contribution < -0.4 is 5.32 Å². The van der Waals surface area contributed by atoms with E-state index in [2.05, 4.69) is 66.6 Å². The van der Waals surface area contributed by atoms with Gasteiger partial charge < -0.3 is 14.7 Å². The smallest absolute Gasteiger partial charge is 0.198 e. The maximum absolute atomic E-state index is 6.38. The molecule has 0 saturated carbocycles. The van der Waals surface area contributed by atoms with Gasteiger partial charge in [0.2, 0.25) is 0 Å². The second-order valence-corrected chi connectivity index (χ2v) is 8.39. The summed E-state index contributed by atoms with van der Waals surface area (Å²) in [6, 6.07) is 29.1. The number of nitrogens with one attached hydrogen (secondary N) is 2. The molecule has 5 rings (SSSR count). The number of aromatic nitrogens is 2. The van der Waals surface area contributed by atoms with Gasteiger partial charge in [-0.1, -0.05) is 85.8 Å². The number of H-pyrrole nitrogens is 1. The fraction of sp³-hybridized carbons (Fsp3) is 0.179. The molecule has 0 radical (unpaired) electrons. The van der Waals surface area contributed by atoms with E-state index < -0.39 is 0 Å². The standard InChI is InChI=1S/C28H27N3O/c1-19(17-20(2)30-25-18-29-24-16-10-9-15-23(24)25)28-31-26(21-11-5-3-6-12-21)27(32-28)22-13-7-4-8-14-22/h3-16,18-20,29-30H,17H2,1-2H3. The van der Waals surface area contributed by atoms with Gasteiger partial charge in [0.15, 0.2) is 11.7 Å². The molecule has 0 aliphatic carbocycles. The topological polar surface area (TPSA) is 53.9 Å². The van der Waals surface area contributed by atoms with Gasteiger partial charge in [0.05, 0.1) is 5.69 Å². The number of nitrogens with zero attached hydrogens (tertiary/aromatic N) is 1. The number of hydrogen-bond donors (Lipinski definition) is 2. The maximum atomic E-state index is 6.38. The molecule has 2 heterocycles. The van der Waals surface area contributed by atoms with Crippen molar-refractivity contribution in [2.75, 3.05) is 5.32 Å². The van der Waals surface area contributed by atoms with Crippen molar-refractivity contribution in [1.82, 2.24) is 9.97 Å². The lowest BCUT2D eigenvalue weighted by atomic mass is 10.0. The number of para-hydroxylation sites is 1. The lowest BCUT2D eigenvalue weighted by Gasteiger charge is -2.17. The molecule has 4 nitrogen and oxygen atoms in total. The fourth-order valence-corrected chi connectivity index (χ4v) is 4.27. The van der Waals surface area contributed by atoms with Crippen LogP contribution in [0.25, 0.3) is 33.5 Å². The molecule has 32 heavy (non-hydrogen) atoms. The van der Waals surface area contributed by atoms with Crippen molar-refractivity contribution >= 4 is 16.6 Å². The number of fused-ring (bicyclic) bond motifs is 1. The minimum Gasteiger partial charge on any atom is -0.440 e. The van der Waals surface area contributed by atoms with Crippen molar-refractivity contribution in [1.29, 1.82) is 0 Å². The third-order valence-corrected chi connectivity index (χ3v) is 5.85. The molecule has 0 saturated heterocycles. The van der Waals surface area contributed by atoms with Crippen LogP contribution in [0.15, 0.2) is 95.5 Å². The van der Waals surface area contributed by atoms with E-state index >= 15 is 0 Å². The van der Waals surface area contributed by atoms with Gasteiger partial charge in [-0.3, -0.25) is 0 Å². The van der Waals surface area contributed by atoms with Crippen LogP contribution in [0.2, 0.25) is 0 Å². The van der Waals surface area contributed by atoms with Crippen LogP contribution in [0, 0.1) is 0 Å². The number of benzene rings is 3. The van der Waals surface area contributed by atoms with E-state index in [0.29, 0.717) is 0 Å². The lowest BCUT2D eigenvalue weighted by Crippen LogP contribution is -2.17. The SMILES string of the molecule is CC(CC(C)c1nc(-c2ccccc2)c(-c2ccccc2)o1)Nc1c[nH]c2ccccc12. The molecule has 2 N–H and O–H groups in total. The molecule has 0 bridgehead atoms. The molecule has 160 valence electrons. The second kappa shape index (κ2) is 8.75. The first-order valence-corrected chi connectivity index (χ1v) is 11.1. The van der Waals surface area contributed by atoms with Crippen LogP contribution in [0.5, 0.6) is 0 Å². The average Bonchev–Trinajstić information content (AvgIpc) is 3.45. The van der Waals surface area contributed by atoms with Crippen LogP contribution >= 0.6 is 0 Å². The molecule has 2 atom stereocenters. The quantitative estimate of drug-likeness (QED) is 0.286. The molecule has 0 aliphatic heterocycles. The van der Waals surface area contributed by atoms with E-state index in [1.54, 1.807) is 0 Å². The summed E-state index contributed by atoms with van der Waals surface area (Å²) in [5, 5.41) is 4.86. The Kier molecular flexibility index (Phi) is 5.51. The van der Waals surface area contributed by atoms with Crippen molar-refractivity contribution in [3.8, 4) is 22.6 Å². The van der Waals surface area contributed by atoms with Gasteiger partial charge >= 0.3 is 0 Å². The molecule has 0 fully saturated rings. The first kappa shape index (κ1) is 20.1. The minimum absolute atomic E-state index is 0.169. The van der Waals surface area contributed by atoms with Gasteiger partial charge in [0.25, 0.3) is 0 Å². The molecule has 2 aromatic heterocycles. The molecular formula is C28H27N3O. The summed E-state index contributed by atoms with van der Waals surface area (Å²) < 4.78 is 6.38. The first-order valence-electron chi connectivity index (χ1n) is 11.1. The van der Waals surface area contributed by atoms with E-state index in [0.717, 1.165) is 46.1 Å². The van der Waals surface area contributed by atoms with Crippen molar-refractivity contribution in [3.05, 3.63) is 97.0 Å². The molecular weight excluding hydrogens is 394 g/mol. The largest absolute Gasteiger partial charge is 0.440 e. The Morgan fingerprint density at radius 3 is 2.25 bits per heavy atom. The molecule has 2 unspecified atom stereocenters. The van der Waals surface area contributed by atoms with Crippen LogP contribution in [-0.2, 0) is 0 Å². The normalized spacial score (nSPS) is 13.2. The Hall–Kier alpha value is -3.79. The summed E-state index contributed by atoms with van der Waals surface area (Å²) in [6.07, 6.45) is 2.94. The molecule has 0 aliphatic rings. The summed E-state index contributed by atoms with van der Waals surface area (Å²) >= 11 is 0. The number of anilines is 1. The highest BCUT2D eigenvalue weighted by Crippen LogP contribution is 2.36. The summed E-state index contributed by atoms with van der Waals surface area (Å²) in [5.74, 6) is 1.77. The first-order chi connectivity index (χ1) is 15.7. The third-order valence-electron chi connectivity index (χ3n) is 5.85. The Morgan fingerprint density at radius 1 is 0.844 bits per heavy atom. The van der Waals surface area contributed by atoms with Crippen LogP contribution in [-0.4, -0.2) is 16.0 Å². The monoisotopic (exact) mass is 421 g/mol. The Morgan fingerprint density at radius 2 is 1.50 bits per heavy atom. The molecule has 3 aromatic carbocycles. The average molecular weight is 422 g/mol. The molecule has 0 spiro atoms. The van der Waals surface area contributed by atoms with Gasteiger partial charge in [-0.05, 0) is 19.4 Å². The zero-order valence-electron chi connectivity index (χ0n) is 18.4. The number of aromatic amines is 1. The van der Waals surface area contributed by atoms with Crippen LogP contribution in [0.1, 0.15) is 32.1 Å². The van der Waals surface area contributed by atoms with Crippen LogP contribution in [0.4, 0.5) is 5.69 Å². The summed E-state index contributed by atoms with van der Waals surface area (Å²) in [4.78, 5) is 8.29. The molecule has 0 amide bonds. The third kappa shape index (κ3) is 4.04. The minimum atomic E-state index is 0.169. The molecule has 5 aromatic rings. The Bertz CT molecular complexity index is 1250. The van der Waals surface area contributed by atoms with Crippen LogP contribution in [0.3, 0.4) is 0 Å². The summed E-state index contributed by atoms with van der Waals surface area (Å²) in [7, 11) is 0. The fourth-order valence-electron chi connectivity index (χ4n) is 4.27. The zero-order valence-corrected chi connectivity index (χ0v) is 18.4. The highest BCUT2D eigenvalue weighted by Gasteiger charge is 2.22. The van der Waals surface area contributed by atoms with Gasteiger partial charge in [0.1, 0.15) is 5.69 Å². The van der Waals surface area contributed by atoms with Crippen molar-refractivity contribution in [2.45, 2.75) is 32.2 Å².